The smallest absolute Gasteiger partial charge is 0.349 e. The van der Waals surface area contributed by atoms with Crippen LogP contribution in [0.3, 0.4) is 0 Å². The van der Waals surface area contributed by atoms with Crippen LogP contribution in [0, 0.1) is 0 Å². The topological polar surface area (TPSA) is 76.5 Å². The van der Waals surface area contributed by atoms with Crippen molar-refractivity contribution >= 4 is 16.9 Å². The maximum atomic E-state index is 12.0. The fraction of sp³-hybridized carbons (Fsp3) is 0.231. The summed E-state index contributed by atoms with van der Waals surface area (Å²) >= 11 is 0. The second-order valence-corrected chi connectivity index (χ2v) is 4.00. The Labute approximate surface area is 104 Å². The molecule has 1 amide bonds. The number of hydrogen-bond donors (Lipinski definition) is 1. The van der Waals surface area contributed by atoms with E-state index in [1.54, 1.807) is 31.3 Å². The van der Waals surface area contributed by atoms with Crippen molar-refractivity contribution in [2.24, 2.45) is 5.73 Å². The molecule has 0 saturated carbocycles. The average Bonchev–Trinajstić information content (AvgIpc) is 2.37. The molecule has 0 aliphatic heterocycles. The van der Waals surface area contributed by atoms with Gasteiger partial charge in [-0.15, -0.1) is 0 Å². The highest BCUT2D eigenvalue weighted by Gasteiger charge is 2.16. The fourth-order valence-electron chi connectivity index (χ4n) is 1.71. The highest BCUT2D eigenvalue weighted by atomic mass is 16.4. The van der Waals surface area contributed by atoms with E-state index in [1.807, 2.05) is 6.07 Å². The molecule has 5 heteroatoms. The number of nitrogens with two attached hydrogens (primary N) is 1. The zero-order valence-corrected chi connectivity index (χ0v) is 10.1. The van der Waals surface area contributed by atoms with E-state index in [0.29, 0.717) is 18.7 Å². The van der Waals surface area contributed by atoms with Gasteiger partial charge in [0.25, 0.3) is 5.91 Å². The van der Waals surface area contributed by atoms with Gasteiger partial charge in [0.15, 0.2) is 0 Å². The second kappa shape index (κ2) is 5.01. The van der Waals surface area contributed by atoms with Crippen molar-refractivity contribution in [2.45, 2.75) is 0 Å². The van der Waals surface area contributed by atoms with E-state index in [2.05, 4.69) is 0 Å². The molecule has 0 unspecified atom stereocenters. The number of likely N-dealkylation sites (N-methyl/N-ethyl adjacent to an activating group) is 1. The minimum absolute atomic E-state index is 0.0321. The van der Waals surface area contributed by atoms with E-state index in [-0.39, 0.29) is 11.5 Å². The van der Waals surface area contributed by atoms with Crippen LogP contribution < -0.4 is 11.4 Å². The van der Waals surface area contributed by atoms with Gasteiger partial charge in [0, 0.05) is 25.5 Å². The summed E-state index contributed by atoms with van der Waals surface area (Å²) in [7, 11) is 1.60. The molecule has 2 N–H and O–H groups in total. The summed E-state index contributed by atoms with van der Waals surface area (Å²) in [4.78, 5) is 25.2. The largest absolute Gasteiger partial charge is 0.422 e. The Balaban J connectivity index is 2.48. The van der Waals surface area contributed by atoms with Gasteiger partial charge in [-0.3, -0.25) is 4.79 Å². The van der Waals surface area contributed by atoms with Crippen molar-refractivity contribution in [2.75, 3.05) is 20.1 Å². The van der Waals surface area contributed by atoms with Crippen LogP contribution in [0.25, 0.3) is 11.0 Å². The molecule has 0 saturated heterocycles. The molecule has 1 heterocycles. The van der Waals surface area contributed by atoms with Crippen LogP contribution in [0.15, 0.2) is 39.5 Å². The molecule has 2 rings (SSSR count). The Morgan fingerprint density at radius 2 is 2.11 bits per heavy atom. The van der Waals surface area contributed by atoms with Crippen LogP contribution in [0.2, 0.25) is 0 Å². The quantitative estimate of drug-likeness (QED) is 0.813. The number of fused-ring (bicyclic) bond motifs is 1. The highest BCUT2D eigenvalue weighted by molar-refractivity contribution is 5.96. The van der Waals surface area contributed by atoms with Crippen molar-refractivity contribution in [1.29, 1.82) is 0 Å². The predicted molar refractivity (Wildman–Crippen MR) is 68.5 cm³/mol. The van der Waals surface area contributed by atoms with E-state index in [4.69, 9.17) is 10.2 Å². The predicted octanol–water partition coefficient (Wildman–Crippen LogP) is 0.824. The molecule has 0 bridgehead atoms. The highest BCUT2D eigenvalue weighted by Crippen LogP contribution is 2.13. The van der Waals surface area contributed by atoms with Gasteiger partial charge in [0.05, 0.1) is 0 Å². The Kier molecular flexibility index (Phi) is 3.43. The number of carbonyl (C=O) groups is 1. The van der Waals surface area contributed by atoms with Crippen LogP contribution >= 0.6 is 0 Å². The van der Waals surface area contributed by atoms with E-state index in [0.717, 1.165) is 5.39 Å². The molecule has 0 fully saturated rings. The summed E-state index contributed by atoms with van der Waals surface area (Å²) in [5.41, 5.74) is 5.26. The molecule has 1 aromatic heterocycles. The summed E-state index contributed by atoms with van der Waals surface area (Å²) in [5, 5.41) is 0.724. The molecular formula is C13H14N2O3. The lowest BCUT2D eigenvalue weighted by Gasteiger charge is -2.15. The molecule has 0 spiro atoms. The fourth-order valence-corrected chi connectivity index (χ4v) is 1.71. The first-order valence-corrected chi connectivity index (χ1v) is 5.62. The third-order valence-corrected chi connectivity index (χ3v) is 2.68. The monoisotopic (exact) mass is 246 g/mol. The minimum Gasteiger partial charge on any atom is -0.422 e. The van der Waals surface area contributed by atoms with Crippen molar-refractivity contribution in [1.82, 2.24) is 4.90 Å². The van der Waals surface area contributed by atoms with Crippen molar-refractivity contribution in [3.05, 3.63) is 46.3 Å². The Hall–Kier alpha value is -2.14. The van der Waals surface area contributed by atoms with Gasteiger partial charge in [-0.2, -0.15) is 0 Å². The van der Waals surface area contributed by atoms with E-state index < -0.39 is 5.63 Å². The van der Waals surface area contributed by atoms with Gasteiger partial charge in [-0.25, -0.2) is 4.79 Å². The maximum absolute atomic E-state index is 12.0. The lowest BCUT2D eigenvalue weighted by Crippen LogP contribution is -2.34. The Morgan fingerprint density at radius 1 is 1.39 bits per heavy atom. The average molecular weight is 246 g/mol. The summed E-state index contributed by atoms with van der Waals surface area (Å²) < 4.78 is 5.11. The molecule has 1 aromatic carbocycles. The third-order valence-electron chi connectivity index (χ3n) is 2.68. The number of rotatable bonds is 3. The number of benzene rings is 1. The molecule has 5 nitrogen and oxygen atoms in total. The van der Waals surface area contributed by atoms with Gasteiger partial charge in [-0.1, -0.05) is 18.2 Å². The van der Waals surface area contributed by atoms with Crippen molar-refractivity contribution in [3.8, 4) is 0 Å². The second-order valence-electron chi connectivity index (χ2n) is 4.00. The van der Waals surface area contributed by atoms with Crippen LogP contribution in [-0.2, 0) is 0 Å². The molecule has 2 aromatic rings. The molecule has 0 radical (unpaired) electrons. The number of para-hydroxylation sites is 1. The third kappa shape index (κ3) is 2.26. The van der Waals surface area contributed by atoms with Gasteiger partial charge < -0.3 is 15.1 Å². The van der Waals surface area contributed by atoms with Gasteiger partial charge in [0.1, 0.15) is 11.1 Å². The van der Waals surface area contributed by atoms with E-state index in [9.17, 15) is 9.59 Å². The number of hydrogen-bond acceptors (Lipinski definition) is 4. The van der Waals surface area contributed by atoms with Crippen molar-refractivity contribution in [3.63, 3.8) is 0 Å². The molecule has 18 heavy (non-hydrogen) atoms. The lowest BCUT2D eigenvalue weighted by molar-refractivity contribution is 0.0795. The molecular weight excluding hydrogens is 232 g/mol. The SMILES string of the molecule is CN(CCN)C(=O)c1cc2ccccc2oc1=O. The van der Waals surface area contributed by atoms with Gasteiger partial charge in [-0.05, 0) is 12.1 Å². The van der Waals surface area contributed by atoms with E-state index >= 15 is 0 Å². The summed E-state index contributed by atoms with van der Waals surface area (Å²) in [6, 6.07) is 8.62. The molecule has 0 aliphatic carbocycles. The number of carbonyl (C=O) groups excluding carboxylic acids is 1. The number of amides is 1. The first kappa shape index (κ1) is 12.3. The van der Waals surface area contributed by atoms with Gasteiger partial charge in [0.2, 0.25) is 0 Å². The van der Waals surface area contributed by atoms with Crippen LogP contribution in [0.4, 0.5) is 0 Å². The minimum atomic E-state index is -0.623. The summed E-state index contributed by atoms with van der Waals surface area (Å²) in [5.74, 6) is -0.375. The molecule has 0 atom stereocenters. The zero-order chi connectivity index (χ0) is 13.1. The Morgan fingerprint density at radius 3 is 2.83 bits per heavy atom. The summed E-state index contributed by atoms with van der Waals surface area (Å²) in [6.45, 7) is 0.742. The number of nitrogens with zero attached hydrogens (tertiary/aromatic N) is 1. The lowest BCUT2D eigenvalue weighted by atomic mass is 10.1. The van der Waals surface area contributed by atoms with Crippen LogP contribution in [0.5, 0.6) is 0 Å². The first-order valence-electron chi connectivity index (χ1n) is 5.62. The first-order chi connectivity index (χ1) is 8.63. The summed E-state index contributed by atoms with van der Waals surface area (Å²) in [6.07, 6.45) is 0. The van der Waals surface area contributed by atoms with E-state index in [1.165, 1.54) is 4.90 Å². The Bertz CT molecular complexity index is 633. The molecule has 0 aliphatic rings. The maximum Gasteiger partial charge on any atom is 0.349 e. The standard InChI is InChI=1S/C13H14N2O3/c1-15(7-6-14)12(16)10-8-9-4-2-3-5-11(9)18-13(10)17/h2-5,8H,6-7,14H2,1H3. The molecule has 94 valence electrons. The zero-order valence-electron chi connectivity index (χ0n) is 10.1. The van der Waals surface area contributed by atoms with Crippen molar-refractivity contribution < 1.29 is 9.21 Å². The van der Waals surface area contributed by atoms with Gasteiger partial charge >= 0.3 is 5.63 Å². The van der Waals surface area contributed by atoms with Crippen LogP contribution in [0.1, 0.15) is 10.4 Å². The van der Waals surface area contributed by atoms with Crippen LogP contribution in [-0.4, -0.2) is 30.9 Å². The normalized spacial score (nSPS) is 10.6.